The first kappa shape index (κ1) is 13.5. The summed E-state index contributed by atoms with van der Waals surface area (Å²) < 4.78 is 5.94. The summed E-state index contributed by atoms with van der Waals surface area (Å²) in [6, 6.07) is 8.12. The monoisotopic (exact) mass is 273 g/mol. The number of amides is 1. The fraction of sp³-hybridized carbons (Fsp3) is 0.588. The first-order valence-electron chi connectivity index (χ1n) is 7.71. The number of piperidine rings is 1. The van der Waals surface area contributed by atoms with Crippen LogP contribution >= 0.6 is 0 Å². The third kappa shape index (κ3) is 3.14. The van der Waals surface area contributed by atoms with Crippen LogP contribution in [0.4, 0.5) is 0 Å². The van der Waals surface area contributed by atoms with Gasteiger partial charge in [-0.15, -0.1) is 0 Å². The average molecular weight is 273 g/mol. The molecule has 0 N–H and O–H groups in total. The van der Waals surface area contributed by atoms with Crippen molar-refractivity contribution in [2.24, 2.45) is 11.8 Å². The van der Waals surface area contributed by atoms with Crippen LogP contribution in [0, 0.1) is 18.8 Å². The molecule has 108 valence electrons. The van der Waals surface area contributed by atoms with Crippen LogP contribution in [0.2, 0.25) is 0 Å². The van der Waals surface area contributed by atoms with Crippen molar-refractivity contribution >= 4 is 5.91 Å². The number of rotatable bonds is 4. The molecule has 0 bridgehead atoms. The van der Waals surface area contributed by atoms with Crippen molar-refractivity contribution < 1.29 is 9.53 Å². The van der Waals surface area contributed by atoms with Gasteiger partial charge in [-0.1, -0.05) is 18.2 Å². The molecule has 1 amide bonds. The second kappa shape index (κ2) is 5.86. The maximum Gasteiger partial charge on any atom is 0.225 e. The standard InChI is InChI=1S/C17H23NO2/c1-13-5-2-3-7-16(13)20-12-14-6-4-10-18(11-14)17(19)15-8-9-15/h2-3,5,7,14-15H,4,6,8-12H2,1H3. The first-order chi connectivity index (χ1) is 9.74. The number of aryl methyl sites for hydroxylation is 1. The fourth-order valence-corrected chi connectivity index (χ4v) is 2.92. The van der Waals surface area contributed by atoms with Gasteiger partial charge in [0.05, 0.1) is 6.61 Å². The number of carbonyl (C=O) groups excluding carboxylic acids is 1. The molecule has 1 saturated heterocycles. The van der Waals surface area contributed by atoms with Gasteiger partial charge in [-0.25, -0.2) is 0 Å². The smallest absolute Gasteiger partial charge is 0.225 e. The minimum Gasteiger partial charge on any atom is -0.493 e. The van der Waals surface area contributed by atoms with E-state index >= 15 is 0 Å². The van der Waals surface area contributed by atoms with Crippen molar-refractivity contribution in [3.05, 3.63) is 29.8 Å². The third-order valence-corrected chi connectivity index (χ3v) is 4.33. The second-order valence-corrected chi connectivity index (χ2v) is 6.14. The second-order valence-electron chi connectivity index (χ2n) is 6.14. The van der Waals surface area contributed by atoms with Gasteiger partial charge < -0.3 is 9.64 Å². The Balaban J connectivity index is 1.52. The molecule has 2 fully saturated rings. The fourth-order valence-electron chi connectivity index (χ4n) is 2.92. The SMILES string of the molecule is Cc1ccccc1OCC1CCCN(C(=O)C2CC2)C1. The molecule has 1 atom stereocenters. The maximum absolute atomic E-state index is 12.1. The van der Waals surface area contributed by atoms with E-state index in [0.717, 1.165) is 44.7 Å². The molecule has 1 saturated carbocycles. The largest absolute Gasteiger partial charge is 0.493 e. The van der Waals surface area contributed by atoms with Crippen LogP contribution in [-0.4, -0.2) is 30.5 Å². The van der Waals surface area contributed by atoms with E-state index in [1.807, 2.05) is 18.2 Å². The summed E-state index contributed by atoms with van der Waals surface area (Å²) >= 11 is 0. The van der Waals surface area contributed by atoms with E-state index in [9.17, 15) is 4.79 Å². The molecule has 0 aromatic heterocycles. The average Bonchev–Trinajstić information content (AvgIpc) is 3.31. The molecule has 1 aliphatic carbocycles. The van der Waals surface area contributed by atoms with Crippen molar-refractivity contribution in [1.29, 1.82) is 0 Å². The highest BCUT2D eigenvalue weighted by Crippen LogP contribution is 2.32. The van der Waals surface area contributed by atoms with Gasteiger partial charge in [0.1, 0.15) is 5.75 Å². The van der Waals surface area contributed by atoms with Gasteiger partial charge in [0, 0.05) is 24.9 Å². The Morgan fingerprint density at radius 1 is 1.30 bits per heavy atom. The van der Waals surface area contributed by atoms with Gasteiger partial charge in [0.15, 0.2) is 0 Å². The summed E-state index contributed by atoms with van der Waals surface area (Å²) in [6.45, 7) is 4.61. The lowest BCUT2D eigenvalue weighted by atomic mass is 9.98. The molecule has 3 heteroatoms. The van der Waals surface area contributed by atoms with Crippen LogP contribution in [0.1, 0.15) is 31.2 Å². The molecule has 0 radical (unpaired) electrons. The molecule has 1 unspecified atom stereocenters. The molecular formula is C17H23NO2. The molecule has 0 spiro atoms. The van der Waals surface area contributed by atoms with Crippen molar-refractivity contribution in [1.82, 2.24) is 4.90 Å². The lowest BCUT2D eigenvalue weighted by Crippen LogP contribution is -2.42. The molecule has 3 nitrogen and oxygen atoms in total. The number of likely N-dealkylation sites (tertiary alicyclic amines) is 1. The Kier molecular flexibility index (Phi) is 3.95. The van der Waals surface area contributed by atoms with Crippen LogP contribution in [0.25, 0.3) is 0 Å². The summed E-state index contributed by atoms with van der Waals surface area (Å²) in [5, 5.41) is 0. The van der Waals surface area contributed by atoms with Gasteiger partial charge in [0.2, 0.25) is 5.91 Å². The van der Waals surface area contributed by atoms with E-state index in [1.54, 1.807) is 0 Å². The van der Waals surface area contributed by atoms with E-state index in [2.05, 4.69) is 17.9 Å². The number of hydrogen-bond donors (Lipinski definition) is 0. The van der Waals surface area contributed by atoms with Gasteiger partial charge in [0.25, 0.3) is 0 Å². The van der Waals surface area contributed by atoms with Crippen molar-refractivity contribution in [3.63, 3.8) is 0 Å². The minimum atomic E-state index is 0.339. The Morgan fingerprint density at radius 2 is 2.10 bits per heavy atom. The Morgan fingerprint density at radius 3 is 2.85 bits per heavy atom. The normalized spacial score (nSPS) is 22.6. The Labute approximate surface area is 120 Å². The van der Waals surface area contributed by atoms with Crippen LogP contribution in [0.5, 0.6) is 5.75 Å². The lowest BCUT2D eigenvalue weighted by molar-refractivity contribution is -0.134. The summed E-state index contributed by atoms with van der Waals surface area (Å²) in [5.74, 6) is 2.17. The van der Waals surface area contributed by atoms with E-state index in [1.165, 1.54) is 12.0 Å². The highest BCUT2D eigenvalue weighted by Gasteiger charge is 2.35. The molecule has 2 aliphatic rings. The molecule has 1 aliphatic heterocycles. The van der Waals surface area contributed by atoms with Gasteiger partial charge >= 0.3 is 0 Å². The topological polar surface area (TPSA) is 29.5 Å². The number of ether oxygens (including phenoxy) is 1. The zero-order valence-electron chi connectivity index (χ0n) is 12.2. The van der Waals surface area contributed by atoms with Crippen LogP contribution in [0.15, 0.2) is 24.3 Å². The predicted octanol–water partition coefficient (Wildman–Crippen LogP) is 3.02. The Hall–Kier alpha value is -1.51. The molecule has 20 heavy (non-hydrogen) atoms. The van der Waals surface area contributed by atoms with Crippen LogP contribution in [0.3, 0.4) is 0 Å². The summed E-state index contributed by atoms with van der Waals surface area (Å²) in [4.78, 5) is 14.2. The molecule has 3 rings (SSSR count). The summed E-state index contributed by atoms with van der Waals surface area (Å²) in [6.07, 6.45) is 4.47. The third-order valence-electron chi connectivity index (χ3n) is 4.33. The van der Waals surface area contributed by atoms with Gasteiger partial charge in [-0.05, 0) is 44.2 Å². The van der Waals surface area contributed by atoms with Gasteiger partial charge in [-0.3, -0.25) is 4.79 Å². The minimum absolute atomic E-state index is 0.339. The van der Waals surface area contributed by atoms with E-state index in [-0.39, 0.29) is 0 Å². The Bertz CT molecular complexity index is 482. The summed E-state index contributed by atoms with van der Waals surface area (Å²) in [5.41, 5.74) is 1.18. The van der Waals surface area contributed by atoms with E-state index in [4.69, 9.17) is 4.74 Å². The number of hydrogen-bond acceptors (Lipinski definition) is 2. The molecule has 1 heterocycles. The van der Waals surface area contributed by atoms with Crippen molar-refractivity contribution in [2.75, 3.05) is 19.7 Å². The van der Waals surface area contributed by atoms with E-state index in [0.29, 0.717) is 17.7 Å². The first-order valence-corrected chi connectivity index (χ1v) is 7.71. The van der Waals surface area contributed by atoms with Crippen molar-refractivity contribution in [2.45, 2.75) is 32.6 Å². The maximum atomic E-state index is 12.1. The molecule has 1 aromatic rings. The summed E-state index contributed by atoms with van der Waals surface area (Å²) in [7, 11) is 0. The highest BCUT2D eigenvalue weighted by atomic mass is 16.5. The molecule has 1 aromatic carbocycles. The highest BCUT2D eigenvalue weighted by molar-refractivity contribution is 5.81. The lowest BCUT2D eigenvalue weighted by Gasteiger charge is -2.33. The number of carbonyl (C=O) groups is 1. The van der Waals surface area contributed by atoms with Crippen LogP contribution < -0.4 is 4.74 Å². The number of para-hydroxylation sites is 1. The zero-order chi connectivity index (χ0) is 13.9. The van der Waals surface area contributed by atoms with Crippen LogP contribution in [-0.2, 0) is 4.79 Å². The van der Waals surface area contributed by atoms with E-state index < -0.39 is 0 Å². The predicted molar refractivity (Wildman–Crippen MR) is 78.7 cm³/mol. The number of nitrogens with zero attached hydrogens (tertiary/aromatic N) is 1. The quantitative estimate of drug-likeness (QED) is 0.844. The number of benzene rings is 1. The zero-order valence-corrected chi connectivity index (χ0v) is 12.2. The van der Waals surface area contributed by atoms with Gasteiger partial charge in [-0.2, -0.15) is 0 Å². The van der Waals surface area contributed by atoms with Crippen molar-refractivity contribution in [3.8, 4) is 5.75 Å². The molecular weight excluding hydrogens is 250 g/mol.